The van der Waals surface area contributed by atoms with Gasteiger partial charge in [-0.05, 0) is 12.0 Å². The second-order valence-electron chi connectivity index (χ2n) is 3.24. The first-order chi connectivity index (χ1) is 7.17. The second kappa shape index (κ2) is 8.08. The highest BCUT2D eigenvalue weighted by molar-refractivity contribution is 5.76. The van der Waals surface area contributed by atoms with Crippen molar-refractivity contribution in [3.05, 3.63) is 10.4 Å². The number of aliphatic hydroxyl groups is 1. The number of hydrogen-bond donors (Lipinski definition) is 1. The number of azide groups is 1. The summed E-state index contributed by atoms with van der Waals surface area (Å²) in [5.41, 5.74) is 8.24. The molecular formula is C9H17N3O3. The molecule has 0 bridgehead atoms. The van der Waals surface area contributed by atoms with Gasteiger partial charge in [-0.25, -0.2) is 0 Å². The lowest BCUT2D eigenvalue weighted by Gasteiger charge is -2.15. The zero-order chi connectivity index (χ0) is 11.7. The number of carbonyl (C=O) groups excluding carboxylic acids is 1. The monoisotopic (exact) mass is 215 g/mol. The van der Waals surface area contributed by atoms with Crippen molar-refractivity contribution in [2.45, 2.75) is 44.8 Å². The molecule has 15 heavy (non-hydrogen) atoms. The van der Waals surface area contributed by atoms with Crippen molar-refractivity contribution in [2.24, 2.45) is 5.11 Å². The maximum absolute atomic E-state index is 11.1. The van der Waals surface area contributed by atoms with Gasteiger partial charge >= 0.3 is 5.97 Å². The number of carbonyl (C=O) groups is 1. The minimum atomic E-state index is -1.13. The quantitative estimate of drug-likeness (QED) is 0.230. The average Bonchev–Trinajstić information content (AvgIpc) is 2.25. The molecule has 0 aromatic rings. The Labute approximate surface area is 88.9 Å². The van der Waals surface area contributed by atoms with E-state index in [4.69, 9.17) is 5.53 Å². The van der Waals surface area contributed by atoms with Gasteiger partial charge in [-0.2, -0.15) is 0 Å². The lowest BCUT2D eigenvalue weighted by Crippen LogP contribution is -2.33. The van der Waals surface area contributed by atoms with Crippen molar-refractivity contribution in [3.8, 4) is 0 Å². The fourth-order valence-electron chi connectivity index (χ4n) is 1.22. The highest BCUT2D eigenvalue weighted by Crippen LogP contribution is 2.10. The topological polar surface area (TPSA) is 95.3 Å². The minimum absolute atomic E-state index is 0.437. The third-order valence-electron chi connectivity index (χ3n) is 2.09. The smallest absolute Gasteiger partial charge is 0.317 e. The molecule has 0 aromatic carbocycles. The molecule has 0 aliphatic rings. The summed E-state index contributed by atoms with van der Waals surface area (Å²) < 4.78 is 4.43. The summed E-state index contributed by atoms with van der Waals surface area (Å²) in [6.45, 7) is 2.04. The Bertz CT molecular complexity index is 239. The van der Waals surface area contributed by atoms with Gasteiger partial charge in [0.25, 0.3) is 0 Å². The van der Waals surface area contributed by atoms with Crippen LogP contribution in [0.25, 0.3) is 10.4 Å². The Morgan fingerprint density at radius 3 is 2.73 bits per heavy atom. The average molecular weight is 215 g/mol. The van der Waals surface area contributed by atoms with Gasteiger partial charge in [0.05, 0.1) is 13.2 Å². The van der Waals surface area contributed by atoms with Crippen LogP contribution in [0.2, 0.25) is 0 Å². The zero-order valence-electron chi connectivity index (χ0n) is 9.09. The third-order valence-corrected chi connectivity index (χ3v) is 2.09. The highest BCUT2D eigenvalue weighted by atomic mass is 16.5. The first-order valence-corrected chi connectivity index (χ1v) is 4.97. The first kappa shape index (κ1) is 13.7. The van der Waals surface area contributed by atoms with E-state index in [1.807, 2.05) is 6.92 Å². The molecule has 0 rings (SSSR count). The zero-order valence-corrected chi connectivity index (χ0v) is 9.09. The van der Waals surface area contributed by atoms with Crippen LogP contribution in [-0.2, 0) is 9.53 Å². The Balaban J connectivity index is 4.22. The molecule has 6 heteroatoms. The van der Waals surface area contributed by atoms with E-state index in [-0.39, 0.29) is 0 Å². The van der Waals surface area contributed by atoms with E-state index >= 15 is 0 Å². The molecule has 0 aliphatic carbocycles. The number of methoxy groups -OCH3 is 1. The Morgan fingerprint density at radius 2 is 2.27 bits per heavy atom. The molecule has 0 saturated carbocycles. The van der Waals surface area contributed by atoms with Crippen LogP contribution in [0.5, 0.6) is 0 Å². The molecule has 0 spiro atoms. The van der Waals surface area contributed by atoms with Gasteiger partial charge in [0.15, 0.2) is 6.04 Å². The molecule has 0 aromatic heterocycles. The van der Waals surface area contributed by atoms with Crippen LogP contribution in [0.4, 0.5) is 0 Å². The number of ether oxygens (including phenoxy) is 1. The minimum Gasteiger partial charge on any atom is -0.469 e. The maximum Gasteiger partial charge on any atom is 0.317 e. The summed E-state index contributed by atoms with van der Waals surface area (Å²) in [6, 6.07) is -1.13. The van der Waals surface area contributed by atoms with E-state index in [2.05, 4.69) is 14.8 Å². The summed E-state index contributed by atoms with van der Waals surface area (Å²) in [7, 11) is 1.20. The largest absolute Gasteiger partial charge is 0.469 e. The van der Waals surface area contributed by atoms with Crippen molar-refractivity contribution in [3.63, 3.8) is 0 Å². The molecule has 0 fully saturated rings. The maximum atomic E-state index is 11.1. The Morgan fingerprint density at radius 1 is 1.60 bits per heavy atom. The lowest BCUT2D eigenvalue weighted by atomic mass is 10.0. The van der Waals surface area contributed by atoms with Crippen LogP contribution in [0.1, 0.15) is 32.6 Å². The summed E-state index contributed by atoms with van der Waals surface area (Å²) in [4.78, 5) is 13.6. The summed E-state index contributed by atoms with van der Waals surface area (Å²) in [5.74, 6) is -0.697. The van der Waals surface area contributed by atoms with Gasteiger partial charge in [0, 0.05) is 4.91 Å². The molecule has 86 valence electrons. The van der Waals surface area contributed by atoms with E-state index in [0.717, 1.165) is 19.3 Å². The van der Waals surface area contributed by atoms with Gasteiger partial charge < -0.3 is 9.84 Å². The van der Waals surface area contributed by atoms with E-state index < -0.39 is 18.1 Å². The lowest BCUT2D eigenvalue weighted by molar-refractivity contribution is -0.144. The third kappa shape index (κ3) is 5.24. The molecule has 0 unspecified atom stereocenters. The van der Waals surface area contributed by atoms with Crippen molar-refractivity contribution in [1.29, 1.82) is 0 Å². The van der Waals surface area contributed by atoms with Gasteiger partial charge in [-0.15, -0.1) is 0 Å². The van der Waals surface area contributed by atoms with Crippen molar-refractivity contribution < 1.29 is 14.6 Å². The van der Waals surface area contributed by atoms with Gasteiger partial charge in [-0.3, -0.25) is 4.79 Å². The van der Waals surface area contributed by atoms with Crippen LogP contribution < -0.4 is 0 Å². The molecule has 0 amide bonds. The summed E-state index contributed by atoms with van der Waals surface area (Å²) >= 11 is 0. The predicted molar refractivity (Wildman–Crippen MR) is 55.1 cm³/mol. The van der Waals surface area contributed by atoms with Crippen LogP contribution in [-0.4, -0.2) is 30.3 Å². The highest BCUT2D eigenvalue weighted by Gasteiger charge is 2.25. The van der Waals surface area contributed by atoms with Gasteiger partial charge in [0.2, 0.25) is 0 Å². The molecule has 1 N–H and O–H groups in total. The van der Waals surface area contributed by atoms with Crippen molar-refractivity contribution >= 4 is 5.97 Å². The molecule has 2 atom stereocenters. The molecular weight excluding hydrogens is 198 g/mol. The Hall–Kier alpha value is -1.26. The first-order valence-electron chi connectivity index (χ1n) is 4.97. The van der Waals surface area contributed by atoms with Crippen LogP contribution in [0.15, 0.2) is 5.11 Å². The SMILES string of the molecule is CCCCC[C@H](O)[C@H](N=[N+]=[N-])C(=O)OC. The van der Waals surface area contributed by atoms with Gasteiger partial charge in [-0.1, -0.05) is 31.3 Å². The summed E-state index contributed by atoms with van der Waals surface area (Å²) in [5, 5.41) is 12.8. The normalized spacial score (nSPS) is 13.8. The standard InChI is InChI=1S/C9H17N3O3/c1-3-4-5-6-7(13)8(11-12-10)9(14)15-2/h7-8,13H,3-6H2,1-2H3/t7-,8-/m0/s1. The van der Waals surface area contributed by atoms with Crippen LogP contribution in [0, 0.1) is 0 Å². The van der Waals surface area contributed by atoms with E-state index in [9.17, 15) is 9.90 Å². The number of esters is 1. The summed E-state index contributed by atoms with van der Waals surface area (Å²) in [6.07, 6.45) is 2.27. The van der Waals surface area contributed by atoms with Crippen molar-refractivity contribution in [1.82, 2.24) is 0 Å². The number of aliphatic hydroxyl groups excluding tert-OH is 1. The Kier molecular flexibility index (Phi) is 7.40. The van der Waals surface area contributed by atoms with E-state index in [0.29, 0.717) is 6.42 Å². The van der Waals surface area contributed by atoms with Crippen LogP contribution >= 0.6 is 0 Å². The molecule has 0 radical (unpaired) electrons. The number of rotatable bonds is 7. The molecule has 0 saturated heterocycles. The number of unbranched alkanes of at least 4 members (excludes halogenated alkanes) is 2. The molecule has 0 aliphatic heterocycles. The van der Waals surface area contributed by atoms with Crippen LogP contribution in [0.3, 0.4) is 0 Å². The van der Waals surface area contributed by atoms with E-state index in [1.54, 1.807) is 0 Å². The fraction of sp³-hybridized carbons (Fsp3) is 0.889. The molecule has 6 nitrogen and oxygen atoms in total. The fourth-order valence-corrected chi connectivity index (χ4v) is 1.22. The van der Waals surface area contributed by atoms with Crippen molar-refractivity contribution in [2.75, 3.05) is 7.11 Å². The number of nitrogens with zero attached hydrogens (tertiary/aromatic N) is 3. The molecule has 0 heterocycles. The second-order valence-corrected chi connectivity index (χ2v) is 3.24. The van der Waals surface area contributed by atoms with Gasteiger partial charge in [0.1, 0.15) is 0 Å². The predicted octanol–water partition coefficient (Wildman–Crippen LogP) is 1.78. The van der Waals surface area contributed by atoms with E-state index in [1.165, 1.54) is 7.11 Å². The number of hydrogen-bond acceptors (Lipinski definition) is 4.